The Morgan fingerprint density at radius 2 is 2.04 bits per heavy atom. The Morgan fingerprint density at radius 1 is 1.24 bits per heavy atom. The number of allylic oxidation sites excluding steroid dienone is 4. The monoisotopic (exact) mass is 347 g/mol. The Balaban J connectivity index is 1.60. The van der Waals surface area contributed by atoms with Crippen molar-refractivity contribution in [2.75, 3.05) is 6.61 Å². The van der Waals surface area contributed by atoms with Gasteiger partial charge in [-0.1, -0.05) is 36.4 Å². The lowest BCUT2D eigenvalue weighted by molar-refractivity contribution is -0.113. The zero-order valence-corrected chi connectivity index (χ0v) is 14.4. The number of benzene rings is 1. The number of rotatable bonds is 6. The molecule has 0 radical (unpaired) electrons. The summed E-state index contributed by atoms with van der Waals surface area (Å²) in [5.41, 5.74) is 1.64. The van der Waals surface area contributed by atoms with Gasteiger partial charge in [0, 0.05) is 5.56 Å². The molecular weight excluding hydrogens is 324 g/mol. The molecule has 5 heteroatoms. The van der Waals surface area contributed by atoms with Crippen LogP contribution in [0.5, 0.6) is 0 Å². The van der Waals surface area contributed by atoms with Gasteiger partial charge < -0.3 is 9.57 Å². The zero-order chi connectivity index (χ0) is 17.7. The van der Waals surface area contributed by atoms with Crippen molar-refractivity contribution in [3.8, 4) is 0 Å². The number of oxime groups is 1. The van der Waals surface area contributed by atoms with Crippen molar-refractivity contribution in [1.29, 1.82) is 0 Å². The molecule has 25 heavy (non-hydrogen) atoms. The summed E-state index contributed by atoms with van der Waals surface area (Å²) in [6, 6.07) is 3.81. The van der Waals surface area contributed by atoms with Gasteiger partial charge in [-0.15, -0.1) is 0 Å². The smallest absolute Gasteiger partial charge is 0.161 e. The molecule has 0 N–H and O–H groups in total. The third kappa shape index (κ3) is 4.15. The second-order valence-corrected chi connectivity index (χ2v) is 6.52. The highest BCUT2D eigenvalue weighted by Crippen LogP contribution is 2.31. The molecule has 1 heterocycles. The number of hydrogen-bond donors (Lipinski definition) is 0. The first-order valence-electron chi connectivity index (χ1n) is 8.75. The molecule has 0 bridgehead atoms. The molecule has 0 fully saturated rings. The Kier molecular flexibility index (Phi) is 5.63. The van der Waals surface area contributed by atoms with Gasteiger partial charge in [-0.2, -0.15) is 0 Å². The van der Waals surface area contributed by atoms with E-state index in [9.17, 15) is 8.78 Å². The fourth-order valence-electron chi connectivity index (χ4n) is 3.10. The predicted octanol–water partition coefficient (Wildman–Crippen LogP) is 5.07. The van der Waals surface area contributed by atoms with E-state index in [1.54, 1.807) is 0 Å². The third-order valence-corrected chi connectivity index (χ3v) is 4.87. The van der Waals surface area contributed by atoms with Crippen LogP contribution in [0.4, 0.5) is 8.78 Å². The van der Waals surface area contributed by atoms with Gasteiger partial charge >= 0.3 is 0 Å². The lowest BCUT2D eigenvalue weighted by Crippen LogP contribution is -2.39. The largest absolute Gasteiger partial charge is 0.387 e. The van der Waals surface area contributed by atoms with Gasteiger partial charge in [-0.3, -0.25) is 0 Å². The molecule has 1 aliphatic carbocycles. The van der Waals surface area contributed by atoms with E-state index in [1.165, 1.54) is 23.8 Å². The molecule has 1 aromatic rings. The van der Waals surface area contributed by atoms with Crippen LogP contribution in [0, 0.1) is 11.6 Å². The summed E-state index contributed by atoms with van der Waals surface area (Å²) in [7, 11) is 0. The van der Waals surface area contributed by atoms with Crippen LogP contribution in [-0.2, 0) is 16.2 Å². The minimum atomic E-state index is -0.590. The summed E-state index contributed by atoms with van der Waals surface area (Å²) >= 11 is 0. The quantitative estimate of drug-likeness (QED) is 0.719. The highest BCUT2D eigenvalue weighted by Gasteiger charge is 2.35. The van der Waals surface area contributed by atoms with Crippen LogP contribution < -0.4 is 0 Å². The Labute approximate surface area is 147 Å². The van der Waals surface area contributed by atoms with Crippen LogP contribution in [-0.4, -0.2) is 17.9 Å². The highest BCUT2D eigenvalue weighted by molar-refractivity contribution is 6.00. The maximum Gasteiger partial charge on any atom is 0.161 e. The van der Waals surface area contributed by atoms with Crippen LogP contribution >= 0.6 is 0 Å². The van der Waals surface area contributed by atoms with Crippen LogP contribution in [0.2, 0.25) is 0 Å². The topological polar surface area (TPSA) is 30.8 Å². The Morgan fingerprint density at radius 3 is 2.64 bits per heavy atom. The molecule has 0 spiro atoms. The molecular formula is C20H23F2NO2. The number of hydrogen-bond acceptors (Lipinski definition) is 3. The molecule has 0 saturated heterocycles. The molecule has 3 nitrogen and oxygen atoms in total. The molecule has 3 rings (SSSR count). The van der Waals surface area contributed by atoms with Crippen molar-refractivity contribution in [2.45, 2.75) is 51.2 Å². The predicted molar refractivity (Wildman–Crippen MR) is 93.2 cm³/mol. The average Bonchev–Trinajstić information content (AvgIpc) is 2.65. The fourth-order valence-corrected chi connectivity index (χ4v) is 3.10. The molecule has 2 aliphatic rings. The summed E-state index contributed by atoms with van der Waals surface area (Å²) in [4.78, 5) is 5.79. The van der Waals surface area contributed by atoms with E-state index >= 15 is 0 Å². The molecule has 1 unspecified atom stereocenters. The lowest BCUT2D eigenvalue weighted by Gasteiger charge is -2.34. The second kappa shape index (κ2) is 7.91. The standard InChI is InChI=1S/C20H23F2NO2/c1-2-20(14-24-13-16-17(21)9-6-10-18(16)22)12-11-19(23-25-20)15-7-4-3-5-8-15/h3-4,6-7,9-10H,2,5,8,11-14H2,1H3. The first-order valence-corrected chi connectivity index (χ1v) is 8.75. The average molecular weight is 347 g/mol. The number of ether oxygens (including phenoxy) is 1. The van der Waals surface area contributed by atoms with Crippen molar-refractivity contribution >= 4 is 5.71 Å². The second-order valence-electron chi connectivity index (χ2n) is 6.52. The summed E-state index contributed by atoms with van der Waals surface area (Å²) in [6.45, 7) is 2.15. The molecule has 134 valence electrons. The number of halogens is 2. The van der Waals surface area contributed by atoms with Crippen molar-refractivity contribution in [3.05, 3.63) is 59.2 Å². The fraction of sp³-hybridized carbons (Fsp3) is 0.450. The van der Waals surface area contributed by atoms with Crippen LogP contribution in [0.1, 0.15) is 44.6 Å². The first kappa shape index (κ1) is 17.8. The van der Waals surface area contributed by atoms with Crippen LogP contribution in [0.25, 0.3) is 0 Å². The van der Waals surface area contributed by atoms with Crippen molar-refractivity contribution in [2.24, 2.45) is 5.16 Å². The van der Waals surface area contributed by atoms with Gasteiger partial charge in [0.15, 0.2) is 5.60 Å². The minimum absolute atomic E-state index is 0.0482. The van der Waals surface area contributed by atoms with E-state index in [1.807, 2.05) is 6.92 Å². The summed E-state index contributed by atoms with van der Waals surface area (Å²) in [5.74, 6) is -1.18. The summed E-state index contributed by atoms with van der Waals surface area (Å²) in [6.07, 6.45) is 10.6. The van der Waals surface area contributed by atoms with Crippen LogP contribution in [0.3, 0.4) is 0 Å². The minimum Gasteiger partial charge on any atom is -0.387 e. The van der Waals surface area contributed by atoms with E-state index in [0.717, 1.165) is 37.8 Å². The zero-order valence-electron chi connectivity index (χ0n) is 14.4. The van der Waals surface area contributed by atoms with Crippen molar-refractivity contribution in [1.82, 2.24) is 0 Å². The molecule has 0 aromatic heterocycles. The van der Waals surface area contributed by atoms with E-state index in [0.29, 0.717) is 0 Å². The van der Waals surface area contributed by atoms with Gasteiger partial charge in [0.2, 0.25) is 0 Å². The van der Waals surface area contributed by atoms with Crippen LogP contribution in [0.15, 0.2) is 47.2 Å². The van der Waals surface area contributed by atoms with E-state index in [4.69, 9.17) is 9.57 Å². The summed E-state index contributed by atoms with van der Waals surface area (Å²) < 4.78 is 32.9. The molecule has 0 amide bonds. The molecule has 0 saturated carbocycles. The maximum absolute atomic E-state index is 13.7. The summed E-state index contributed by atoms with van der Waals surface area (Å²) in [5, 5.41) is 4.32. The molecule has 1 atom stereocenters. The third-order valence-electron chi connectivity index (χ3n) is 4.87. The van der Waals surface area contributed by atoms with Gasteiger partial charge in [0.1, 0.15) is 11.6 Å². The number of nitrogens with zero attached hydrogens (tertiary/aromatic N) is 1. The Hall–Kier alpha value is -2.01. The normalized spacial score (nSPS) is 23.0. The van der Waals surface area contributed by atoms with Gasteiger partial charge in [-0.05, 0) is 49.8 Å². The highest BCUT2D eigenvalue weighted by atomic mass is 19.1. The first-order chi connectivity index (χ1) is 12.1. The van der Waals surface area contributed by atoms with Gasteiger partial charge in [0.25, 0.3) is 0 Å². The van der Waals surface area contributed by atoms with E-state index in [2.05, 4.69) is 23.4 Å². The van der Waals surface area contributed by atoms with Gasteiger partial charge in [-0.25, -0.2) is 8.78 Å². The van der Waals surface area contributed by atoms with Crippen molar-refractivity contribution < 1.29 is 18.4 Å². The van der Waals surface area contributed by atoms with Gasteiger partial charge in [0.05, 0.1) is 18.9 Å². The van der Waals surface area contributed by atoms with E-state index < -0.39 is 17.2 Å². The SMILES string of the molecule is CCC1(COCc2c(F)cccc2F)CCC(C2=CC=CCC2)=NO1. The molecule has 1 aliphatic heterocycles. The molecule has 1 aromatic carbocycles. The Bertz CT molecular complexity index is 691. The van der Waals surface area contributed by atoms with Crippen molar-refractivity contribution in [3.63, 3.8) is 0 Å². The van der Waals surface area contributed by atoms with E-state index in [-0.39, 0.29) is 18.8 Å². The lowest BCUT2D eigenvalue weighted by atomic mass is 9.89. The maximum atomic E-state index is 13.7.